The van der Waals surface area contributed by atoms with E-state index in [2.05, 4.69) is 50.1 Å². The largest absolute Gasteiger partial charge is 0.481 e. The number of nitrogens with zero attached hydrogens (tertiary/aromatic N) is 2. The second kappa shape index (κ2) is 8.19. The highest BCUT2D eigenvalue weighted by Crippen LogP contribution is 2.29. The van der Waals surface area contributed by atoms with Crippen LogP contribution < -0.4 is 10.1 Å². The lowest BCUT2D eigenvalue weighted by atomic mass is 9.87. The van der Waals surface area contributed by atoms with E-state index < -0.39 is 6.10 Å². The van der Waals surface area contributed by atoms with Crippen molar-refractivity contribution in [2.24, 2.45) is 0 Å². The minimum absolute atomic E-state index is 0.0884. The lowest BCUT2D eigenvalue weighted by Gasteiger charge is -2.20. The number of aromatic nitrogens is 2. The summed E-state index contributed by atoms with van der Waals surface area (Å²) in [6.07, 6.45) is -0.620. The number of carbonyl (C=O) groups excluding carboxylic acids is 1. The minimum atomic E-state index is -0.620. The molecule has 0 fully saturated rings. The van der Waals surface area contributed by atoms with Gasteiger partial charge in [0.2, 0.25) is 5.13 Å². The standard InChI is InChI=1S/C18H25N3O2S2/c1-11(2)24-17-21-20-16(25-17)19-15(22)12(3)23-14-9-7-13(8-10-14)18(4,5)6/h7-12H,1-6H3,(H,19,20,22)/t12-/m0/s1. The third-order valence-electron chi connectivity index (χ3n) is 3.38. The van der Waals surface area contributed by atoms with E-state index in [0.29, 0.717) is 16.1 Å². The van der Waals surface area contributed by atoms with Gasteiger partial charge < -0.3 is 4.74 Å². The van der Waals surface area contributed by atoms with Gasteiger partial charge in [0.25, 0.3) is 5.91 Å². The van der Waals surface area contributed by atoms with Crippen LogP contribution in [0.3, 0.4) is 0 Å². The van der Waals surface area contributed by atoms with E-state index in [0.717, 1.165) is 4.34 Å². The second-order valence-corrected chi connectivity index (χ2v) is 9.86. The van der Waals surface area contributed by atoms with Crippen molar-refractivity contribution in [3.05, 3.63) is 29.8 Å². The molecule has 0 radical (unpaired) electrons. The van der Waals surface area contributed by atoms with Crippen molar-refractivity contribution in [2.75, 3.05) is 5.32 Å². The highest BCUT2D eigenvalue weighted by Gasteiger charge is 2.18. The number of thioether (sulfide) groups is 1. The van der Waals surface area contributed by atoms with Gasteiger partial charge in [-0.15, -0.1) is 10.2 Å². The lowest BCUT2D eigenvalue weighted by Crippen LogP contribution is -2.30. The molecule has 7 heteroatoms. The number of nitrogens with one attached hydrogen (secondary N) is 1. The summed E-state index contributed by atoms with van der Waals surface area (Å²) in [6.45, 7) is 12.4. The molecule has 1 heterocycles. The zero-order valence-corrected chi connectivity index (χ0v) is 17.1. The normalized spacial score (nSPS) is 12.9. The van der Waals surface area contributed by atoms with E-state index in [1.165, 1.54) is 16.9 Å². The van der Waals surface area contributed by atoms with Crippen molar-refractivity contribution in [2.45, 2.75) is 62.7 Å². The number of hydrogen-bond donors (Lipinski definition) is 1. The number of rotatable bonds is 6. The summed E-state index contributed by atoms with van der Waals surface area (Å²) in [5.41, 5.74) is 1.31. The van der Waals surface area contributed by atoms with Crippen LogP contribution in [0.4, 0.5) is 5.13 Å². The molecule has 2 aromatic rings. The summed E-state index contributed by atoms with van der Waals surface area (Å²) in [7, 11) is 0. The van der Waals surface area contributed by atoms with Gasteiger partial charge in [-0.2, -0.15) is 0 Å². The Bertz CT molecular complexity index is 706. The number of ether oxygens (including phenoxy) is 1. The molecule has 0 bridgehead atoms. The molecular formula is C18H25N3O2S2. The van der Waals surface area contributed by atoms with E-state index in [4.69, 9.17) is 4.74 Å². The summed E-state index contributed by atoms with van der Waals surface area (Å²) in [5.74, 6) is 0.432. The smallest absolute Gasteiger partial charge is 0.266 e. The Morgan fingerprint density at radius 1 is 1.16 bits per heavy atom. The van der Waals surface area contributed by atoms with Crippen LogP contribution in [0, 0.1) is 0 Å². The molecule has 25 heavy (non-hydrogen) atoms. The molecule has 1 aromatic heterocycles. The highest BCUT2D eigenvalue weighted by atomic mass is 32.2. The van der Waals surface area contributed by atoms with Gasteiger partial charge >= 0.3 is 0 Å². The number of amides is 1. The average molecular weight is 380 g/mol. The first kappa shape index (κ1) is 19.7. The molecule has 0 aliphatic carbocycles. The number of anilines is 1. The summed E-state index contributed by atoms with van der Waals surface area (Å²) >= 11 is 2.99. The van der Waals surface area contributed by atoms with Crippen LogP contribution in [-0.2, 0) is 10.2 Å². The van der Waals surface area contributed by atoms with E-state index in [1.807, 2.05) is 24.3 Å². The molecule has 1 amide bonds. The lowest BCUT2D eigenvalue weighted by molar-refractivity contribution is -0.122. The zero-order chi connectivity index (χ0) is 18.6. The Hall–Kier alpha value is -1.60. The maximum Gasteiger partial charge on any atom is 0.266 e. The number of hydrogen-bond acceptors (Lipinski definition) is 6. The van der Waals surface area contributed by atoms with E-state index in [-0.39, 0.29) is 11.3 Å². The minimum Gasteiger partial charge on any atom is -0.481 e. The Morgan fingerprint density at radius 3 is 2.36 bits per heavy atom. The van der Waals surface area contributed by atoms with Crippen LogP contribution in [0.5, 0.6) is 5.75 Å². The van der Waals surface area contributed by atoms with Gasteiger partial charge in [-0.25, -0.2) is 0 Å². The molecule has 1 aromatic carbocycles. The molecule has 0 aliphatic heterocycles. The molecular weight excluding hydrogens is 354 g/mol. The average Bonchev–Trinajstić information content (AvgIpc) is 2.93. The first-order chi connectivity index (χ1) is 11.6. The van der Waals surface area contributed by atoms with Crippen LogP contribution in [0.15, 0.2) is 28.6 Å². The van der Waals surface area contributed by atoms with Crippen LogP contribution >= 0.6 is 23.1 Å². The van der Waals surface area contributed by atoms with Crippen molar-refractivity contribution in [3.63, 3.8) is 0 Å². The van der Waals surface area contributed by atoms with Gasteiger partial charge in [0.1, 0.15) is 5.75 Å². The molecule has 2 rings (SSSR count). The van der Waals surface area contributed by atoms with Crippen LogP contribution in [-0.4, -0.2) is 27.5 Å². The molecule has 1 N–H and O–H groups in total. The van der Waals surface area contributed by atoms with E-state index in [9.17, 15) is 4.79 Å². The predicted molar refractivity (Wildman–Crippen MR) is 105 cm³/mol. The number of carbonyl (C=O) groups is 1. The summed E-state index contributed by atoms with van der Waals surface area (Å²) in [5, 5.41) is 11.7. The Kier molecular flexibility index (Phi) is 6.46. The first-order valence-corrected chi connectivity index (χ1v) is 9.93. The van der Waals surface area contributed by atoms with Crippen LogP contribution in [0.1, 0.15) is 47.1 Å². The predicted octanol–water partition coefficient (Wildman–Crippen LogP) is 4.74. The van der Waals surface area contributed by atoms with Crippen molar-refractivity contribution >= 4 is 34.1 Å². The van der Waals surface area contributed by atoms with E-state index in [1.54, 1.807) is 18.7 Å². The molecule has 0 spiro atoms. The topological polar surface area (TPSA) is 64.1 Å². The summed E-state index contributed by atoms with van der Waals surface area (Å²) in [4.78, 5) is 12.3. The van der Waals surface area contributed by atoms with Crippen molar-refractivity contribution in [3.8, 4) is 5.75 Å². The molecule has 136 valence electrons. The molecule has 0 saturated carbocycles. The molecule has 5 nitrogen and oxygen atoms in total. The van der Waals surface area contributed by atoms with Gasteiger partial charge in [0.05, 0.1) is 0 Å². The van der Waals surface area contributed by atoms with Gasteiger partial charge in [-0.1, -0.05) is 69.9 Å². The van der Waals surface area contributed by atoms with Gasteiger partial charge in [-0.3, -0.25) is 10.1 Å². The SMILES string of the molecule is CC(C)Sc1nnc(NC(=O)[C@H](C)Oc2ccc(C(C)(C)C)cc2)s1. The molecule has 1 atom stereocenters. The molecule has 0 aliphatic rings. The fourth-order valence-corrected chi connectivity index (χ4v) is 3.99. The summed E-state index contributed by atoms with van der Waals surface area (Å²) < 4.78 is 6.57. The zero-order valence-electron chi connectivity index (χ0n) is 15.5. The van der Waals surface area contributed by atoms with Crippen molar-refractivity contribution in [1.29, 1.82) is 0 Å². The monoisotopic (exact) mass is 379 g/mol. The first-order valence-electron chi connectivity index (χ1n) is 8.23. The number of benzene rings is 1. The van der Waals surface area contributed by atoms with Gasteiger partial charge in [0.15, 0.2) is 10.4 Å². The second-order valence-electron chi connectivity index (χ2n) is 7.06. The summed E-state index contributed by atoms with van der Waals surface area (Å²) in [6, 6.07) is 7.85. The van der Waals surface area contributed by atoms with Crippen molar-refractivity contribution < 1.29 is 9.53 Å². The quantitative estimate of drug-likeness (QED) is 0.580. The fourth-order valence-electron chi connectivity index (χ4n) is 2.01. The van der Waals surface area contributed by atoms with E-state index >= 15 is 0 Å². The van der Waals surface area contributed by atoms with Crippen LogP contribution in [0.2, 0.25) is 0 Å². The van der Waals surface area contributed by atoms with Crippen molar-refractivity contribution in [1.82, 2.24) is 10.2 Å². The van der Waals surface area contributed by atoms with Gasteiger partial charge in [-0.05, 0) is 30.0 Å². The third kappa shape index (κ3) is 6.01. The highest BCUT2D eigenvalue weighted by molar-refractivity contribution is 8.01. The fraction of sp³-hybridized carbons (Fsp3) is 0.500. The van der Waals surface area contributed by atoms with Gasteiger partial charge in [0, 0.05) is 5.25 Å². The molecule has 0 unspecified atom stereocenters. The molecule has 0 saturated heterocycles. The Morgan fingerprint density at radius 2 is 1.80 bits per heavy atom. The maximum atomic E-state index is 12.3. The van der Waals surface area contributed by atoms with Crippen LogP contribution in [0.25, 0.3) is 0 Å². The Labute approximate surface area is 157 Å². The maximum absolute atomic E-state index is 12.3. The Balaban J connectivity index is 1.92. The third-order valence-corrected chi connectivity index (χ3v) is 5.30.